The van der Waals surface area contributed by atoms with Crippen LogP contribution in [0, 0.1) is 0 Å². The minimum atomic E-state index is -0.568. The molecular formula is C20H15N3O4S2. The fourth-order valence-corrected chi connectivity index (χ4v) is 4.08. The highest BCUT2D eigenvalue weighted by molar-refractivity contribution is 7.12. The molecule has 0 saturated carbocycles. The Labute approximate surface area is 172 Å². The Morgan fingerprint density at radius 2 is 1.83 bits per heavy atom. The van der Waals surface area contributed by atoms with Crippen molar-refractivity contribution in [3.63, 3.8) is 0 Å². The second-order valence-electron chi connectivity index (χ2n) is 6.01. The summed E-state index contributed by atoms with van der Waals surface area (Å²) in [5.41, 5.74) is 1.78. The molecule has 4 aromatic rings. The van der Waals surface area contributed by atoms with Crippen LogP contribution in [0.3, 0.4) is 0 Å². The van der Waals surface area contributed by atoms with Crippen molar-refractivity contribution in [2.24, 2.45) is 0 Å². The zero-order chi connectivity index (χ0) is 20.2. The van der Waals surface area contributed by atoms with Crippen LogP contribution in [0.5, 0.6) is 0 Å². The maximum Gasteiger partial charge on any atom is 0.340 e. The fourth-order valence-electron chi connectivity index (χ4n) is 2.69. The van der Waals surface area contributed by atoms with E-state index in [1.54, 1.807) is 24.3 Å². The summed E-state index contributed by atoms with van der Waals surface area (Å²) in [6.45, 7) is -0.423. The monoisotopic (exact) mass is 425 g/mol. The molecule has 0 aliphatic carbocycles. The van der Waals surface area contributed by atoms with Gasteiger partial charge in [0, 0.05) is 15.4 Å². The first-order valence-corrected chi connectivity index (χ1v) is 10.3. The lowest BCUT2D eigenvalue weighted by Gasteiger charge is -2.08. The van der Waals surface area contributed by atoms with Gasteiger partial charge in [0.1, 0.15) is 0 Å². The van der Waals surface area contributed by atoms with Gasteiger partial charge in [-0.2, -0.15) is 0 Å². The largest absolute Gasteiger partial charge is 0.452 e. The van der Waals surface area contributed by atoms with Gasteiger partial charge in [0.25, 0.3) is 5.91 Å². The van der Waals surface area contributed by atoms with Gasteiger partial charge in [0.05, 0.1) is 16.6 Å². The van der Waals surface area contributed by atoms with Crippen molar-refractivity contribution in [3.05, 3.63) is 73.5 Å². The number of H-pyrrole nitrogens is 2. The number of carbonyl (C=O) groups excluding carboxylic acids is 2. The molecule has 0 atom stereocenters. The van der Waals surface area contributed by atoms with E-state index in [-0.39, 0.29) is 5.69 Å². The lowest BCUT2D eigenvalue weighted by molar-refractivity contribution is -0.141. The van der Waals surface area contributed by atoms with E-state index in [1.807, 2.05) is 35.0 Å². The molecule has 7 nitrogen and oxygen atoms in total. The molecule has 1 aromatic carbocycles. The summed E-state index contributed by atoms with van der Waals surface area (Å²) in [7, 11) is 0. The molecule has 0 radical (unpaired) electrons. The zero-order valence-electron chi connectivity index (χ0n) is 14.9. The summed E-state index contributed by atoms with van der Waals surface area (Å²) in [4.78, 5) is 43.1. The Bertz CT molecular complexity index is 1230. The number of amides is 1. The van der Waals surface area contributed by atoms with Crippen molar-refractivity contribution < 1.29 is 14.3 Å². The van der Waals surface area contributed by atoms with Crippen molar-refractivity contribution in [1.29, 1.82) is 0 Å². The number of aromatic amines is 2. The maximum atomic E-state index is 12.6. The van der Waals surface area contributed by atoms with Gasteiger partial charge in [0.15, 0.2) is 6.61 Å². The summed E-state index contributed by atoms with van der Waals surface area (Å²) < 4.78 is 5.23. The third kappa shape index (κ3) is 4.53. The number of hydrogen-bond donors (Lipinski definition) is 3. The van der Waals surface area contributed by atoms with Crippen molar-refractivity contribution in [3.8, 4) is 0 Å². The van der Waals surface area contributed by atoms with E-state index in [2.05, 4.69) is 15.3 Å². The predicted molar refractivity (Wildman–Crippen MR) is 115 cm³/mol. The predicted octanol–water partition coefficient (Wildman–Crippen LogP) is 3.70. The van der Waals surface area contributed by atoms with Gasteiger partial charge in [-0.15, -0.1) is 22.7 Å². The quantitative estimate of drug-likeness (QED) is 0.324. The normalized spacial score (nSPS) is 11.5. The molecule has 0 unspecified atom stereocenters. The lowest BCUT2D eigenvalue weighted by Crippen LogP contribution is -2.21. The van der Waals surface area contributed by atoms with E-state index >= 15 is 0 Å². The smallest absolute Gasteiger partial charge is 0.340 e. The van der Waals surface area contributed by atoms with E-state index in [4.69, 9.17) is 4.74 Å². The van der Waals surface area contributed by atoms with E-state index in [0.717, 1.165) is 9.75 Å². The molecule has 0 fully saturated rings. The highest BCUT2D eigenvalue weighted by Crippen LogP contribution is 2.26. The Morgan fingerprint density at radius 3 is 2.59 bits per heavy atom. The number of esters is 1. The Balaban J connectivity index is 1.42. The first kappa shape index (κ1) is 18.9. The summed E-state index contributed by atoms with van der Waals surface area (Å²) in [6.07, 6.45) is 1.76. The molecule has 0 spiro atoms. The first-order valence-electron chi connectivity index (χ1n) is 8.56. The number of hydrogen-bond acceptors (Lipinski definition) is 6. The second-order valence-corrected chi connectivity index (χ2v) is 7.94. The second kappa shape index (κ2) is 8.29. The number of aromatic nitrogens is 2. The molecule has 3 aromatic heterocycles. The number of rotatable bonds is 6. The molecule has 0 aliphatic heterocycles. The SMILES string of the molecule is O=C(COC(=O)/C(=C/c1cccs1)c1cccs1)Nc1ccc2[nH]c(=O)[nH]c2c1. The summed E-state index contributed by atoms with van der Waals surface area (Å²) >= 11 is 2.93. The fraction of sp³-hybridized carbons (Fsp3) is 0.0500. The molecule has 9 heteroatoms. The van der Waals surface area contributed by atoms with Gasteiger partial charge in [-0.3, -0.25) is 4.79 Å². The van der Waals surface area contributed by atoms with Gasteiger partial charge in [-0.05, 0) is 47.2 Å². The topological polar surface area (TPSA) is 104 Å². The minimum absolute atomic E-state index is 0.323. The third-order valence-corrected chi connectivity index (χ3v) is 5.69. The number of ether oxygens (including phenoxy) is 1. The zero-order valence-corrected chi connectivity index (χ0v) is 16.6. The van der Waals surface area contributed by atoms with Crippen LogP contribution in [0.1, 0.15) is 9.75 Å². The average Bonchev–Trinajstić information content (AvgIpc) is 3.45. The van der Waals surface area contributed by atoms with Crippen LogP contribution in [0.2, 0.25) is 0 Å². The summed E-state index contributed by atoms with van der Waals surface area (Å²) in [5, 5.41) is 6.45. The van der Waals surface area contributed by atoms with Gasteiger partial charge in [-0.1, -0.05) is 12.1 Å². The molecule has 0 saturated heterocycles. The van der Waals surface area contributed by atoms with Gasteiger partial charge in [-0.25, -0.2) is 9.59 Å². The first-order chi connectivity index (χ1) is 14.1. The van der Waals surface area contributed by atoms with Crippen molar-refractivity contribution in [2.45, 2.75) is 0 Å². The molecule has 1 amide bonds. The van der Waals surface area contributed by atoms with Gasteiger partial charge < -0.3 is 20.0 Å². The summed E-state index contributed by atoms with van der Waals surface area (Å²) in [6, 6.07) is 12.4. The maximum absolute atomic E-state index is 12.6. The summed E-state index contributed by atoms with van der Waals surface area (Å²) in [5.74, 6) is -1.04. The number of imidazole rings is 1. The van der Waals surface area contributed by atoms with Crippen molar-refractivity contribution in [1.82, 2.24) is 9.97 Å². The van der Waals surface area contributed by atoms with Gasteiger partial charge >= 0.3 is 11.7 Å². The van der Waals surface area contributed by atoms with Crippen LogP contribution in [0.25, 0.3) is 22.7 Å². The highest BCUT2D eigenvalue weighted by Gasteiger charge is 2.17. The Kier molecular flexibility index (Phi) is 5.41. The number of anilines is 1. The van der Waals surface area contributed by atoms with Crippen LogP contribution >= 0.6 is 22.7 Å². The number of carbonyl (C=O) groups is 2. The number of fused-ring (bicyclic) bond motifs is 1. The Morgan fingerprint density at radius 1 is 1.03 bits per heavy atom. The molecule has 3 heterocycles. The third-order valence-electron chi connectivity index (χ3n) is 3.97. The van der Waals surface area contributed by atoms with E-state index in [9.17, 15) is 14.4 Å². The molecule has 0 bridgehead atoms. The molecule has 3 N–H and O–H groups in total. The van der Waals surface area contributed by atoms with Crippen LogP contribution < -0.4 is 11.0 Å². The van der Waals surface area contributed by atoms with Crippen LogP contribution in [-0.4, -0.2) is 28.5 Å². The average molecular weight is 425 g/mol. The molecule has 146 valence electrons. The van der Waals surface area contributed by atoms with Crippen molar-refractivity contribution in [2.75, 3.05) is 11.9 Å². The number of benzene rings is 1. The number of nitrogens with one attached hydrogen (secondary N) is 3. The van der Waals surface area contributed by atoms with Gasteiger partial charge in [0.2, 0.25) is 0 Å². The van der Waals surface area contributed by atoms with Crippen LogP contribution in [0.15, 0.2) is 58.0 Å². The number of thiophene rings is 2. The highest BCUT2D eigenvalue weighted by atomic mass is 32.1. The molecular weight excluding hydrogens is 410 g/mol. The van der Waals surface area contributed by atoms with Crippen LogP contribution in [-0.2, 0) is 14.3 Å². The molecule has 29 heavy (non-hydrogen) atoms. The van der Waals surface area contributed by atoms with E-state index in [1.165, 1.54) is 22.7 Å². The standard InChI is InChI=1S/C20H15N3O4S2/c24-18(21-12-5-6-15-16(9-12)23-20(26)22-15)11-27-19(25)14(17-4-2-8-29-17)10-13-3-1-7-28-13/h1-10H,11H2,(H,21,24)(H2,22,23,26)/b14-10+. The van der Waals surface area contributed by atoms with E-state index in [0.29, 0.717) is 22.3 Å². The molecule has 0 aliphatic rings. The minimum Gasteiger partial charge on any atom is -0.452 e. The lowest BCUT2D eigenvalue weighted by atomic mass is 10.2. The van der Waals surface area contributed by atoms with E-state index < -0.39 is 18.5 Å². The molecule has 4 rings (SSSR count). The van der Waals surface area contributed by atoms with Crippen LogP contribution in [0.4, 0.5) is 5.69 Å². The van der Waals surface area contributed by atoms with Crippen molar-refractivity contribution >= 4 is 62.9 Å². The Hall–Kier alpha value is -3.43.